The van der Waals surface area contributed by atoms with E-state index in [1.165, 1.54) is 11.3 Å². The third-order valence-corrected chi connectivity index (χ3v) is 3.12. The number of nitrogens with two attached hydrogens (primary N) is 1. The highest BCUT2D eigenvalue weighted by atomic mass is 35.5. The summed E-state index contributed by atoms with van der Waals surface area (Å²) in [5.41, 5.74) is 6.19. The van der Waals surface area contributed by atoms with Gasteiger partial charge in [-0.05, 0) is 18.9 Å². The van der Waals surface area contributed by atoms with Gasteiger partial charge in [0.15, 0.2) is 10.8 Å². The molecule has 2 aromatic heterocycles. The quantitative estimate of drug-likeness (QED) is 0.671. The van der Waals surface area contributed by atoms with Crippen LogP contribution in [0.25, 0.3) is 0 Å². The SMILES string of the molecule is Nc1nc(Cl)cc(CC[CH]C(=O)c2nccs2)n1. The Bertz CT molecular complexity index is 524. The molecule has 0 amide bonds. The van der Waals surface area contributed by atoms with Crippen molar-refractivity contribution in [2.75, 3.05) is 5.73 Å². The first-order chi connectivity index (χ1) is 8.65. The van der Waals surface area contributed by atoms with Crippen molar-refractivity contribution in [3.63, 3.8) is 0 Å². The zero-order valence-electron chi connectivity index (χ0n) is 9.34. The first-order valence-corrected chi connectivity index (χ1v) is 6.47. The van der Waals surface area contributed by atoms with Crippen molar-refractivity contribution in [3.05, 3.63) is 39.9 Å². The monoisotopic (exact) mass is 281 g/mol. The molecule has 2 N–H and O–H groups in total. The Morgan fingerprint density at radius 1 is 1.50 bits per heavy atom. The standard InChI is InChI=1S/C11H10ClN4OS/c12-9-6-7(15-11(13)16-9)2-1-3-8(17)10-14-4-5-18-10/h3-6H,1-2H2,(H2,13,15,16). The van der Waals surface area contributed by atoms with E-state index >= 15 is 0 Å². The Hall–Kier alpha value is -1.53. The highest BCUT2D eigenvalue weighted by Crippen LogP contribution is 2.12. The lowest BCUT2D eigenvalue weighted by molar-refractivity contribution is 0.102. The van der Waals surface area contributed by atoms with Crippen molar-refractivity contribution in [2.24, 2.45) is 0 Å². The number of halogens is 1. The van der Waals surface area contributed by atoms with Crippen LogP contribution in [0.5, 0.6) is 0 Å². The molecule has 0 saturated heterocycles. The summed E-state index contributed by atoms with van der Waals surface area (Å²) in [5.74, 6) is 0.0712. The summed E-state index contributed by atoms with van der Waals surface area (Å²) in [6, 6.07) is 1.64. The van der Waals surface area contributed by atoms with E-state index in [1.54, 1.807) is 24.1 Å². The van der Waals surface area contributed by atoms with Gasteiger partial charge in [-0.15, -0.1) is 11.3 Å². The number of aromatic nitrogens is 3. The summed E-state index contributed by atoms with van der Waals surface area (Å²) in [6.45, 7) is 0. The number of anilines is 1. The van der Waals surface area contributed by atoms with Crippen molar-refractivity contribution in [1.82, 2.24) is 15.0 Å². The van der Waals surface area contributed by atoms with Gasteiger partial charge in [-0.25, -0.2) is 15.0 Å². The lowest BCUT2D eigenvalue weighted by Gasteiger charge is -2.01. The first kappa shape index (κ1) is 12.9. The van der Waals surface area contributed by atoms with Crippen LogP contribution in [0.15, 0.2) is 17.6 Å². The summed E-state index contributed by atoms with van der Waals surface area (Å²) < 4.78 is 0. The topological polar surface area (TPSA) is 81.8 Å². The van der Waals surface area contributed by atoms with Crippen molar-refractivity contribution < 1.29 is 4.79 Å². The normalized spacial score (nSPS) is 10.5. The summed E-state index contributed by atoms with van der Waals surface area (Å²) in [4.78, 5) is 23.4. The Balaban J connectivity index is 1.87. The molecule has 1 radical (unpaired) electrons. The van der Waals surface area contributed by atoms with Gasteiger partial charge >= 0.3 is 0 Å². The van der Waals surface area contributed by atoms with E-state index in [-0.39, 0.29) is 11.7 Å². The van der Waals surface area contributed by atoms with Crippen LogP contribution in [-0.4, -0.2) is 20.7 Å². The molecule has 93 valence electrons. The molecule has 0 bridgehead atoms. The maximum absolute atomic E-state index is 11.6. The van der Waals surface area contributed by atoms with E-state index < -0.39 is 0 Å². The highest BCUT2D eigenvalue weighted by Gasteiger charge is 2.09. The highest BCUT2D eigenvalue weighted by molar-refractivity contribution is 7.11. The molecule has 0 fully saturated rings. The average Bonchev–Trinajstić information content (AvgIpc) is 2.80. The maximum atomic E-state index is 11.6. The van der Waals surface area contributed by atoms with Crippen LogP contribution < -0.4 is 5.73 Å². The van der Waals surface area contributed by atoms with Crippen LogP contribution >= 0.6 is 22.9 Å². The van der Waals surface area contributed by atoms with Gasteiger partial charge in [0.05, 0.1) is 0 Å². The Morgan fingerprint density at radius 3 is 3.00 bits per heavy atom. The molecule has 2 rings (SSSR count). The molecule has 0 aromatic carbocycles. The number of Topliss-reactive ketones (excluding diaryl/α,β-unsaturated/α-hetero) is 1. The zero-order valence-corrected chi connectivity index (χ0v) is 10.9. The Kier molecular flexibility index (Phi) is 4.22. The molecule has 18 heavy (non-hydrogen) atoms. The van der Waals surface area contributed by atoms with Gasteiger partial charge in [0.2, 0.25) is 5.95 Å². The number of hydrogen-bond acceptors (Lipinski definition) is 6. The van der Waals surface area contributed by atoms with Crippen LogP contribution in [0.4, 0.5) is 5.95 Å². The molecule has 0 aliphatic rings. The van der Waals surface area contributed by atoms with Gasteiger partial charge in [0.1, 0.15) is 5.15 Å². The predicted molar refractivity (Wildman–Crippen MR) is 70.5 cm³/mol. The van der Waals surface area contributed by atoms with E-state index in [9.17, 15) is 4.79 Å². The number of rotatable bonds is 5. The third-order valence-electron chi connectivity index (χ3n) is 2.14. The molecule has 2 aromatic rings. The Labute approximate surface area is 113 Å². The molecule has 7 heteroatoms. The fourth-order valence-corrected chi connectivity index (χ4v) is 2.18. The zero-order chi connectivity index (χ0) is 13.0. The lowest BCUT2D eigenvalue weighted by Crippen LogP contribution is -2.03. The van der Waals surface area contributed by atoms with Gasteiger partial charge in [-0.1, -0.05) is 11.6 Å². The van der Waals surface area contributed by atoms with Crippen LogP contribution in [0.3, 0.4) is 0 Å². The van der Waals surface area contributed by atoms with E-state index in [4.69, 9.17) is 17.3 Å². The minimum absolute atomic E-state index is 0.0712. The van der Waals surface area contributed by atoms with Gasteiger partial charge in [0, 0.05) is 23.7 Å². The number of nitrogens with zero attached hydrogens (tertiary/aromatic N) is 3. The van der Waals surface area contributed by atoms with E-state index in [1.807, 2.05) is 0 Å². The van der Waals surface area contributed by atoms with E-state index in [2.05, 4.69) is 15.0 Å². The average molecular weight is 282 g/mol. The van der Waals surface area contributed by atoms with Gasteiger partial charge < -0.3 is 5.73 Å². The number of hydrogen-bond donors (Lipinski definition) is 1. The second kappa shape index (κ2) is 5.88. The first-order valence-electron chi connectivity index (χ1n) is 5.21. The predicted octanol–water partition coefficient (Wildman–Crippen LogP) is 2.19. The smallest absolute Gasteiger partial charge is 0.221 e. The summed E-state index contributed by atoms with van der Waals surface area (Å²) >= 11 is 7.08. The summed E-state index contributed by atoms with van der Waals surface area (Å²) in [7, 11) is 0. The molecule has 2 heterocycles. The van der Waals surface area contributed by atoms with Crippen LogP contribution in [0, 0.1) is 6.42 Å². The molecule has 0 saturated carbocycles. The molecule has 5 nitrogen and oxygen atoms in total. The number of carbonyl (C=O) groups is 1. The van der Waals surface area contributed by atoms with Crippen molar-refractivity contribution in [1.29, 1.82) is 0 Å². The maximum Gasteiger partial charge on any atom is 0.221 e. The molecule has 0 aliphatic heterocycles. The molecular formula is C11H10ClN4OS. The van der Waals surface area contributed by atoms with Gasteiger partial charge in [-0.2, -0.15) is 0 Å². The summed E-state index contributed by atoms with van der Waals surface area (Å²) in [6.07, 6.45) is 4.34. The van der Waals surface area contributed by atoms with Crippen LogP contribution in [0.2, 0.25) is 5.15 Å². The molecule has 0 atom stereocenters. The van der Waals surface area contributed by atoms with Crippen molar-refractivity contribution in [2.45, 2.75) is 12.8 Å². The third kappa shape index (κ3) is 3.48. The minimum atomic E-state index is -0.0712. The molecule has 0 spiro atoms. The second-order valence-corrected chi connectivity index (χ2v) is 4.77. The van der Waals surface area contributed by atoms with E-state index in [0.717, 1.165) is 5.69 Å². The molecular weight excluding hydrogens is 272 g/mol. The minimum Gasteiger partial charge on any atom is -0.368 e. The fraction of sp³-hybridized carbons (Fsp3) is 0.182. The number of thiazole rings is 1. The summed E-state index contributed by atoms with van der Waals surface area (Å²) in [5, 5.41) is 2.57. The molecule has 0 unspecified atom stereocenters. The molecule has 0 aliphatic carbocycles. The number of nitrogen functional groups attached to an aromatic ring is 1. The number of aryl methyl sites for hydroxylation is 1. The van der Waals surface area contributed by atoms with Crippen LogP contribution in [-0.2, 0) is 6.42 Å². The largest absolute Gasteiger partial charge is 0.368 e. The lowest BCUT2D eigenvalue weighted by atomic mass is 10.1. The fourth-order valence-electron chi connectivity index (χ4n) is 1.40. The van der Waals surface area contributed by atoms with Gasteiger partial charge in [0.25, 0.3) is 0 Å². The second-order valence-electron chi connectivity index (χ2n) is 3.48. The van der Waals surface area contributed by atoms with E-state index in [0.29, 0.717) is 23.0 Å². The number of carbonyl (C=O) groups excluding carboxylic acids is 1. The Morgan fingerprint density at radius 2 is 2.33 bits per heavy atom. The van der Waals surface area contributed by atoms with Crippen molar-refractivity contribution in [3.8, 4) is 0 Å². The van der Waals surface area contributed by atoms with Crippen LogP contribution in [0.1, 0.15) is 21.9 Å². The van der Waals surface area contributed by atoms with Crippen molar-refractivity contribution >= 4 is 34.7 Å². The van der Waals surface area contributed by atoms with Gasteiger partial charge in [-0.3, -0.25) is 4.79 Å². The number of ketones is 1.